The number of thioether (sulfide) groups is 1. The van der Waals surface area contributed by atoms with Gasteiger partial charge in [0.2, 0.25) is 5.95 Å². The Morgan fingerprint density at radius 2 is 2.14 bits per heavy atom. The van der Waals surface area contributed by atoms with Crippen LogP contribution < -0.4 is 4.90 Å². The van der Waals surface area contributed by atoms with E-state index in [4.69, 9.17) is 4.42 Å². The highest BCUT2D eigenvalue weighted by molar-refractivity contribution is 7.99. The largest absolute Gasteiger partial charge is 0.467 e. The summed E-state index contributed by atoms with van der Waals surface area (Å²) < 4.78 is 7.68. The highest BCUT2D eigenvalue weighted by atomic mass is 32.2. The molecular formula is C15H22N4OS. The molecule has 5 nitrogen and oxygen atoms in total. The number of hydrogen-bond donors (Lipinski definition) is 0. The van der Waals surface area contributed by atoms with Gasteiger partial charge in [0, 0.05) is 13.1 Å². The topological polar surface area (TPSA) is 47.1 Å². The first-order valence-electron chi connectivity index (χ1n) is 7.61. The van der Waals surface area contributed by atoms with Crippen LogP contribution in [0, 0.1) is 5.92 Å². The summed E-state index contributed by atoms with van der Waals surface area (Å²) in [5.74, 6) is 3.73. The Bertz CT molecular complexity index is 558. The Morgan fingerprint density at radius 3 is 2.81 bits per heavy atom. The van der Waals surface area contributed by atoms with Crippen LogP contribution >= 0.6 is 11.8 Å². The van der Waals surface area contributed by atoms with E-state index in [1.54, 1.807) is 18.0 Å². The third-order valence-corrected chi connectivity index (χ3v) is 4.78. The molecule has 0 spiro atoms. The molecule has 2 aromatic heterocycles. The van der Waals surface area contributed by atoms with E-state index in [-0.39, 0.29) is 0 Å². The van der Waals surface area contributed by atoms with Crippen LogP contribution in [0.25, 0.3) is 0 Å². The summed E-state index contributed by atoms with van der Waals surface area (Å²) in [7, 11) is 0. The van der Waals surface area contributed by atoms with Gasteiger partial charge in [0.25, 0.3) is 0 Å². The molecule has 0 saturated carbocycles. The summed E-state index contributed by atoms with van der Waals surface area (Å²) >= 11 is 1.73. The minimum Gasteiger partial charge on any atom is -0.467 e. The Hall–Kier alpha value is -1.43. The minimum atomic E-state index is 0.698. The lowest BCUT2D eigenvalue weighted by Crippen LogP contribution is -2.35. The van der Waals surface area contributed by atoms with Gasteiger partial charge >= 0.3 is 0 Å². The highest BCUT2D eigenvalue weighted by Crippen LogP contribution is 2.26. The van der Waals surface area contributed by atoms with Crippen LogP contribution in [0.1, 0.15) is 32.4 Å². The molecule has 0 N–H and O–H groups in total. The fourth-order valence-electron chi connectivity index (χ4n) is 2.66. The molecule has 0 aromatic carbocycles. The fraction of sp³-hybridized carbons (Fsp3) is 0.600. The molecule has 1 saturated heterocycles. The van der Waals surface area contributed by atoms with Crippen molar-refractivity contribution in [1.82, 2.24) is 14.8 Å². The quantitative estimate of drug-likeness (QED) is 0.793. The van der Waals surface area contributed by atoms with Crippen molar-refractivity contribution in [2.75, 3.05) is 23.7 Å². The van der Waals surface area contributed by atoms with Crippen molar-refractivity contribution in [3.63, 3.8) is 0 Å². The molecule has 1 aliphatic rings. The van der Waals surface area contributed by atoms with Gasteiger partial charge in [-0.15, -0.1) is 10.2 Å². The van der Waals surface area contributed by atoms with Crippen molar-refractivity contribution < 1.29 is 4.42 Å². The zero-order valence-corrected chi connectivity index (χ0v) is 13.5. The Morgan fingerprint density at radius 1 is 1.33 bits per heavy atom. The summed E-state index contributed by atoms with van der Waals surface area (Å²) in [6, 6.07) is 3.93. The standard InChI is InChI=1S/C15H22N4OS/c1-3-21-15-17-16-14(18-8-6-12(2)7-9-18)19(15)11-13-5-4-10-20-13/h4-5,10,12H,3,6-9,11H2,1-2H3. The van der Waals surface area contributed by atoms with Crippen LogP contribution in [0.15, 0.2) is 28.0 Å². The molecule has 114 valence electrons. The summed E-state index contributed by atoms with van der Waals surface area (Å²) in [6.45, 7) is 7.29. The highest BCUT2D eigenvalue weighted by Gasteiger charge is 2.23. The number of hydrogen-bond acceptors (Lipinski definition) is 5. The minimum absolute atomic E-state index is 0.698. The van der Waals surface area contributed by atoms with E-state index in [9.17, 15) is 0 Å². The number of nitrogens with zero attached hydrogens (tertiary/aromatic N) is 4. The monoisotopic (exact) mass is 306 g/mol. The van der Waals surface area contributed by atoms with Crippen molar-refractivity contribution in [3.05, 3.63) is 24.2 Å². The van der Waals surface area contributed by atoms with E-state index in [0.29, 0.717) is 6.54 Å². The second-order valence-electron chi connectivity index (χ2n) is 5.55. The van der Waals surface area contributed by atoms with E-state index in [2.05, 4.69) is 33.5 Å². The van der Waals surface area contributed by atoms with Gasteiger partial charge in [-0.1, -0.05) is 25.6 Å². The second kappa shape index (κ2) is 6.56. The molecule has 21 heavy (non-hydrogen) atoms. The van der Waals surface area contributed by atoms with Gasteiger partial charge in [-0.25, -0.2) is 0 Å². The van der Waals surface area contributed by atoms with Crippen LogP contribution in [0.2, 0.25) is 0 Å². The molecule has 3 heterocycles. The Balaban J connectivity index is 1.85. The third-order valence-electron chi connectivity index (χ3n) is 3.93. The zero-order chi connectivity index (χ0) is 14.7. The lowest BCUT2D eigenvalue weighted by atomic mass is 10.00. The average Bonchev–Trinajstić information content (AvgIpc) is 3.12. The van der Waals surface area contributed by atoms with E-state index >= 15 is 0 Å². The predicted octanol–water partition coefficient (Wildman–Crippen LogP) is 3.27. The van der Waals surface area contributed by atoms with Crippen molar-refractivity contribution in [2.45, 2.75) is 38.4 Å². The first-order valence-corrected chi connectivity index (χ1v) is 8.59. The summed E-state index contributed by atoms with van der Waals surface area (Å²) in [5.41, 5.74) is 0. The number of aromatic nitrogens is 3. The van der Waals surface area contributed by atoms with Crippen molar-refractivity contribution >= 4 is 17.7 Å². The number of anilines is 1. The van der Waals surface area contributed by atoms with E-state index in [1.165, 1.54) is 12.8 Å². The maximum Gasteiger partial charge on any atom is 0.228 e. The van der Waals surface area contributed by atoms with Crippen LogP contribution in [0.3, 0.4) is 0 Å². The molecule has 0 unspecified atom stereocenters. The predicted molar refractivity (Wildman–Crippen MR) is 84.8 cm³/mol. The van der Waals surface area contributed by atoms with Crippen LogP contribution in [-0.4, -0.2) is 33.6 Å². The lowest BCUT2D eigenvalue weighted by Gasteiger charge is -2.31. The SMILES string of the molecule is CCSc1nnc(N2CCC(C)CC2)n1Cc1ccco1. The van der Waals surface area contributed by atoms with E-state index in [1.807, 2.05) is 12.1 Å². The first kappa shape index (κ1) is 14.5. The van der Waals surface area contributed by atoms with Crippen LogP contribution in [-0.2, 0) is 6.54 Å². The second-order valence-corrected chi connectivity index (χ2v) is 6.78. The molecule has 0 aliphatic carbocycles. The molecule has 3 rings (SSSR count). The van der Waals surface area contributed by atoms with E-state index < -0.39 is 0 Å². The van der Waals surface area contributed by atoms with Crippen molar-refractivity contribution in [1.29, 1.82) is 0 Å². The molecule has 0 amide bonds. The van der Waals surface area contributed by atoms with Gasteiger partial charge in [-0.05, 0) is 36.6 Å². The average molecular weight is 306 g/mol. The van der Waals surface area contributed by atoms with Crippen molar-refractivity contribution in [3.8, 4) is 0 Å². The van der Waals surface area contributed by atoms with Gasteiger partial charge in [0.05, 0.1) is 12.8 Å². The van der Waals surface area contributed by atoms with Gasteiger partial charge in [0.1, 0.15) is 5.76 Å². The normalized spacial score (nSPS) is 16.6. The van der Waals surface area contributed by atoms with Crippen LogP contribution in [0.4, 0.5) is 5.95 Å². The summed E-state index contributed by atoms with van der Waals surface area (Å²) in [6.07, 6.45) is 4.17. The Labute approximate surface area is 129 Å². The summed E-state index contributed by atoms with van der Waals surface area (Å²) in [4.78, 5) is 2.36. The van der Waals surface area contributed by atoms with Crippen molar-refractivity contribution in [2.24, 2.45) is 5.92 Å². The Kier molecular flexibility index (Phi) is 4.53. The lowest BCUT2D eigenvalue weighted by molar-refractivity contribution is 0.427. The van der Waals surface area contributed by atoms with Crippen LogP contribution in [0.5, 0.6) is 0 Å². The first-order chi connectivity index (χ1) is 10.3. The number of rotatable bonds is 5. The molecule has 6 heteroatoms. The molecule has 0 bridgehead atoms. The summed E-state index contributed by atoms with van der Waals surface area (Å²) in [5, 5.41) is 9.79. The number of piperidine rings is 1. The zero-order valence-electron chi connectivity index (χ0n) is 12.7. The molecule has 1 aliphatic heterocycles. The van der Waals surface area contributed by atoms with Gasteiger partial charge < -0.3 is 9.32 Å². The maximum absolute atomic E-state index is 5.50. The number of furan rings is 1. The molecular weight excluding hydrogens is 284 g/mol. The fourth-order valence-corrected chi connectivity index (χ4v) is 3.31. The smallest absolute Gasteiger partial charge is 0.228 e. The molecule has 0 radical (unpaired) electrons. The van der Waals surface area contributed by atoms with Gasteiger partial charge in [-0.3, -0.25) is 4.57 Å². The van der Waals surface area contributed by atoms with E-state index in [0.717, 1.165) is 41.6 Å². The van der Waals surface area contributed by atoms with Gasteiger partial charge in [0.15, 0.2) is 5.16 Å². The molecule has 2 aromatic rings. The van der Waals surface area contributed by atoms with Gasteiger partial charge in [-0.2, -0.15) is 0 Å². The third kappa shape index (κ3) is 3.26. The molecule has 1 fully saturated rings. The molecule has 0 atom stereocenters. The maximum atomic E-state index is 5.50.